The van der Waals surface area contributed by atoms with E-state index in [4.69, 9.17) is 4.74 Å². The molecule has 0 saturated carbocycles. The SMILES string of the molecule is CSCc1ccc(C(CC2CCOCC2)C(=O)Nc2nccs2)cc1. The molecule has 0 bridgehead atoms. The van der Waals surface area contributed by atoms with Crippen molar-refractivity contribution in [2.24, 2.45) is 5.92 Å². The molecule has 0 radical (unpaired) electrons. The second kappa shape index (κ2) is 9.36. The number of nitrogens with one attached hydrogen (secondary N) is 1. The van der Waals surface area contributed by atoms with Crippen LogP contribution in [0.2, 0.25) is 0 Å². The van der Waals surface area contributed by atoms with Gasteiger partial charge in [0.15, 0.2) is 5.13 Å². The molecule has 1 fully saturated rings. The van der Waals surface area contributed by atoms with E-state index in [2.05, 4.69) is 40.8 Å². The van der Waals surface area contributed by atoms with Crippen LogP contribution in [-0.2, 0) is 15.3 Å². The summed E-state index contributed by atoms with van der Waals surface area (Å²) >= 11 is 3.26. The van der Waals surface area contributed by atoms with E-state index in [0.717, 1.165) is 43.8 Å². The van der Waals surface area contributed by atoms with Crippen LogP contribution >= 0.6 is 23.1 Å². The van der Waals surface area contributed by atoms with E-state index >= 15 is 0 Å². The third-order valence-corrected chi connectivity index (χ3v) is 5.89. The highest BCUT2D eigenvalue weighted by Gasteiger charge is 2.26. The molecule has 0 aliphatic carbocycles. The quantitative estimate of drug-likeness (QED) is 0.770. The lowest BCUT2D eigenvalue weighted by molar-refractivity contribution is -0.118. The average molecular weight is 377 g/mol. The Bertz CT molecular complexity index is 653. The highest BCUT2D eigenvalue weighted by Crippen LogP contribution is 2.31. The molecule has 3 rings (SSSR count). The number of amides is 1. The Balaban J connectivity index is 1.75. The predicted molar refractivity (Wildman–Crippen MR) is 105 cm³/mol. The van der Waals surface area contributed by atoms with Crippen LogP contribution in [0.3, 0.4) is 0 Å². The molecule has 1 aromatic heterocycles. The fourth-order valence-corrected chi connectivity index (χ4v) is 4.26. The number of carbonyl (C=O) groups excluding carboxylic acids is 1. The van der Waals surface area contributed by atoms with Gasteiger partial charge >= 0.3 is 0 Å². The average Bonchev–Trinajstić information content (AvgIpc) is 3.14. The van der Waals surface area contributed by atoms with Crippen molar-refractivity contribution < 1.29 is 9.53 Å². The first-order valence-electron chi connectivity index (χ1n) is 8.62. The molecule has 4 nitrogen and oxygen atoms in total. The van der Waals surface area contributed by atoms with Gasteiger partial charge in [0, 0.05) is 30.5 Å². The maximum Gasteiger partial charge on any atom is 0.233 e. The molecule has 1 aromatic carbocycles. The summed E-state index contributed by atoms with van der Waals surface area (Å²) in [6.45, 7) is 1.61. The van der Waals surface area contributed by atoms with Crippen LogP contribution in [0.5, 0.6) is 0 Å². The van der Waals surface area contributed by atoms with E-state index in [1.165, 1.54) is 16.9 Å². The number of carbonyl (C=O) groups is 1. The van der Waals surface area contributed by atoms with E-state index in [9.17, 15) is 4.79 Å². The van der Waals surface area contributed by atoms with Crippen molar-refractivity contribution in [3.8, 4) is 0 Å². The van der Waals surface area contributed by atoms with Crippen LogP contribution in [0, 0.1) is 5.92 Å². The van der Waals surface area contributed by atoms with Gasteiger partial charge in [-0.05, 0) is 42.6 Å². The van der Waals surface area contributed by atoms with Gasteiger partial charge in [0.05, 0.1) is 5.92 Å². The maximum atomic E-state index is 12.9. The van der Waals surface area contributed by atoms with Crippen LogP contribution < -0.4 is 5.32 Å². The van der Waals surface area contributed by atoms with Gasteiger partial charge in [0.25, 0.3) is 0 Å². The summed E-state index contributed by atoms with van der Waals surface area (Å²) < 4.78 is 5.46. The Morgan fingerprint density at radius 2 is 2.12 bits per heavy atom. The molecule has 1 unspecified atom stereocenters. The Hall–Kier alpha value is -1.37. The molecule has 2 heterocycles. The lowest BCUT2D eigenvalue weighted by atomic mass is 9.84. The van der Waals surface area contributed by atoms with E-state index in [1.54, 1.807) is 18.0 Å². The van der Waals surface area contributed by atoms with E-state index in [0.29, 0.717) is 11.0 Å². The minimum Gasteiger partial charge on any atom is -0.381 e. The zero-order valence-electron chi connectivity index (χ0n) is 14.4. The Labute approximate surface area is 157 Å². The summed E-state index contributed by atoms with van der Waals surface area (Å²) in [5.74, 6) is 1.43. The van der Waals surface area contributed by atoms with Crippen LogP contribution in [-0.4, -0.2) is 30.4 Å². The summed E-state index contributed by atoms with van der Waals surface area (Å²) in [5.41, 5.74) is 2.38. The minimum absolute atomic E-state index is 0.0408. The van der Waals surface area contributed by atoms with Gasteiger partial charge in [-0.3, -0.25) is 4.79 Å². The van der Waals surface area contributed by atoms with Gasteiger partial charge in [-0.1, -0.05) is 24.3 Å². The van der Waals surface area contributed by atoms with Crippen molar-refractivity contribution in [2.45, 2.75) is 30.9 Å². The number of anilines is 1. The molecule has 2 aromatic rings. The number of thiazole rings is 1. The zero-order chi connectivity index (χ0) is 17.5. The molecule has 6 heteroatoms. The first-order chi connectivity index (χ1) is 12.3. The smallest absolute Gasteiger partial charge is 0.233 e. The summed E-state index contributed by atoms with van der Waals surface area (Å²) in [6, 6.07) is 8.49. The van der Waals surface area contributed by atoms with Gasteiger partial charge in [0.1, 0.15) is 0 Å². The zero-order valence-corrected chi connectivity index (χ0v) is 16.1. The first kappa shape index (κ1) is 18.4. The molecule has 1 aliphatic heterocycles. The number of hydrogen-bond donors (Lipinski definition) is 1. The number of benzene rings is 1. The number of nitrogens with zero attached hydrogens (tertiary/aromatic N) is 1. The summed E-state index contributed by atoms with van der Waals surface area (Å²) in [5, 5.41) is 5.53. The van der Waals surface area contributed by atoms with Gasteiger partial charge in [-0.2, -0.15) is 11.8 Å². The van der Waals surface area contributed by atoms with Crippen molar-refractivity contribution in [1.29, 1.82) is 0 Å². The molecule has 1 atom stereocenters. The highest BCUT2D eigenvalue weighted by molar-refractivity contribution is 7.97. The summed E-state index contributed by atoms with van der Waals surface area (Å²) in [6.07, 6.45) is 6.74. The normalized spacial score (nSPS) is 16.5. The van der Waals surface area contributed by atoms with Crippen molar-refractivity contribution in [2.75, 3.05) is 24.8 Å². The third-order valence-electron chi connectivity index (χ3n) is 4.58. The van der Waals surface area contributed by atoms with Crippen molar-refractivity contribution in [1.82, 2.24) is 4.98 Å². The Kier molecular flexibility index (Phi) is 6.90. The molecular weight excluding hydrogens is 352 g/mol. The van der Waals surface area contributed by atoms with E-state index in [-0.39, 0.29) is 11.8 Å². The van der Waals surface area contributed by atoms with Crippen LogP contribution in [0.1, 0.15) is 36.3 Å². The molecule has 0 spiro atoms. The number of thioether (sulfide) groups is 1. The lowest BCUT2D eigenvalue weighted by Crippen LogP contribution is -2.26. The van der Waals surface area contributed by atoms with Crippen LogP contribution in [0.4, 0.5) is 5.13 Å². The van der Waals surface area contributed by atoms with E-state index in [1.807, 2.05) is 5.38 Å². The molecular formula is C19H24N2O2S2. The summed E-state index contributed by atoms with van der Waals surface area (Å²) in [4.78, 5) is 17.1. The molecule has 1 aliphatic rings. The van der Waals surface area contributed by atoms with Gasteiger partial charge in [-0.15, -0.1) is 11.3 Å². The number of ether oxygens (including phenoxy) is 1. The van der Waals surface area contributed by atoms with Crippen LogP contribution in [0.15, 0.2) is 35.8 Å². The number of rotatable bonds is 7. The third kappa shape index (κ3) is 5.30. The minimum atomic E-state index is -0.143. The van der Waals surface area contributed by atoms with Gasteiger partial charge < -0.3 is 10.1 Å². The van der Waals surface area contributed by atoms with Crippen molar-refractivity contribution in [3.63, 3.8) is 0 Å². The first-order valence-corrected chi connectivity index (χ1v) is 10.9. The van der Waals surface area contributed by atoms with Crippen LogP contribution in [0.25, 0.3) is 0 Å². The highest BCUT2D eigenvalue weighted by atomic mass is 32.2. The topological polar surface area (TPSA) is 51.2 Å². The van der Waals surface area contributed by atoms with Crippen molar-refractivity contribution >= 4 is 34.1 Å². The number of hydrogen-bond acceptors (Lipinski definition) is 5. The largest absolute Gasteiger partial charge is 0.381 e. The maximum absolute atomic E-state index is 12.9. The fourth-order valence-electron chi connectivity index (χ4n) is 3.20. The fraction of sp³-hybridized carbons (Fsp3) is 0.474. The van der Waals surface area contributed by atoms with E-state index < -0.39 is 0 Å². The standard InChI is InChI=1S/C19H24N2O2S2/c1-24-13-15-2-4-16(5-3-15)17(12-14-6-9-23-10-7-14)18(22)21-19-20-8-11-25-19/h2-5,8,11,14,17H,6-7,9-10,12-13H2,1H3,(H,20,21,22). The summed E-state index contributed by atoms with van der Waals surface area (Å²) in [7, 11) is 0. The molecule has 134 valence electrons. The molecule has 1 amide bonds. The number of aromatic nitrogens is 1. The second-order valence-electron chi connectivity index (χ2n) is 6.35. The molecule has 25 heavy (non-hydrogen) atoms. The Morgan fingerprint density at radius 3 is 2.76 bits per heavy atom. The van der Waals surface area contributed by atoms with Gasteiger partial charge in [-0.25, -0.2) is 4.98 Å². The predicted octanol–water partition coefficient (Wildman–Crippen LogP) is 4.55. The Morgan fingerprint density at radius 1 is 1.36 bits per heavy atom. The second-order valence-corrected chi connectivity index (χ2v) is 8.11. The molecule has 1 saturated heterocycles. The monoisotopic (exact) mass is 376 g/mol. The van der Waals surface area contributed by atoms with Crippen molar-refractivity contribution in [3.05, 3.63) is 47.0 Å². The lowest BCUT2D eigenvalue weighted by Gasteiger charge is -2.26. The van der Waals surface area contributed by atoms with Gasteiger partial charge in [0.2, 0.25) is 5.91 Å². The molecule has 1 N–H and O–H groups in total.